The van der Waals surface area contributed by atoms with Crippen LogP contribution in [0.5, 0.6) is 5.75 Å². The fourth-order valence-corrected chi connectivity index (χ4v) is 2.08. The minimum absolute atomic E-state index is 0. The van der Waals surface area contributed by atoms with Gasteiger partial charge < -0.3 is 5.61 Å². The Kier molecular flexibility index (Phi) is 5.22. The molecule has 5 heteroatoms. The van der Waals surface area contributed by atoms with E-state index in [1.807, 2.05) is 30.3 Å². The predicted octanol–water partition coefficient (Wildman–Crippen LogP) is 0.0733. The van der Waals surface area contributed by atoms with Crippen LogP contribution in [0, 0.1) is 0 Å². The third-order valence-electron chi connectivity index (χ3n) is 2.53. The quantitative estimate of drug-likeness (QED) is 0.588. The summed E-state index contributed by atoms with van der Waals surface area (Å²) in [7, 11) is -3.54. The average molecular weight is 274 g/mol. The third kappa shape index (κ3) is 3.26. The van der Waals surface area contributed by atoms with Crippen LogP contribution in [-0.4, -0.2) is 13.7 Å². The molecule has 0 unspecified atom stereocenters. The second-order valence-electron chi connectivity index (χ2n) is 4.10. The molecule has 0 spiro atoms. The van der Waals surface area contributed by atoms with Crippen molar-refractivity contribution < 1.29 is 43.6 Å². The Bertz CT molecular complexity index is 636. The van der Waals surface area contributed by atoms with E-state index in [0.29, 0.717) is 5.75 Å². The van der Waals surface area contributed by atoms with Gasteiger partial charge in [-0.2, -0.15) is 8.42 Å². The first-order chi connectivity index (χ1) is 8.00. The third-order valence-corrected chi connectivity index (χ3v) is 4.10. The summed E-state index contributed by atoms with van der Waals surface area (Å²) in [6, 6.07) is 12.9. The summed E-state index contributed by atoms with van der Waals surface area (Å²) in [5, 5.41) is 1.21. The molecule has 2 aromatic carbocycles. The molecule has 0 saturated carbocycles. The first-order valence-electron chi connectivity index (χ1n) is 5.42. The van der Waals surface area contributed by atoms with Crippen LogP contribution in [0.4, 0.5) is 0 Å². The van der Waals surface area contributed by atoms with Gasteiger partial charge in [-0.3, -0.25) is 0 Å². The van der Waals surface area contributed by atoms with Crippen LogP contribution in [-0.2, 0) is 10.1 Å². The van der Waals surface area contributed by atoms with Crippen molar-refractivity contribution in [3.63, 3.8) is 0 Å². The number of rotatable bonds is 3. The second kappa shape index (κ2) is 6.06. The van der Waals surface area contributed by atoms with Gasteiger partial charge in [0, 0.05) is 5.39 Å². The molecule has 2 aromatic rings. The van der Waals surface area contributed by atoms with Crippen LogP contribution in [0.1, 0.15) is 15.3 Å². The van der Waals surface area contributed by atoms with Gasteiger partial charge in [-0.25, -0.2) is 0 Å². The summed E-state index contributed by atoms with van der Waals surface area (Å²) in [6.45, 7) is 3.20. The average Bonchev–Trinajstić information content (AvgIpc) is 2.29. The van der Waals surface area contributed by atoms with E-state index >= 15 is 0 Å². The normalized spacial score (nSPS) is 11.3. The van der Waals surface area contributed by atoms with E-state index in [0.717, 1.165) is 10.8 Å². The minimum atomic E-state index is -3.54. The van der Waals surface area contributed by atoms with Crippen molar-refractivity contribution in [3.05, 3.63) is 42.5 Å². The molecule has 92 valence electrons. The van der Waals surface area contributed by atoms with Gasteiger partial charge in [-0.05, 0) is 25.3 Å². The topological polar surface area (TPSA) is 43.4 Å². The van der Waals surface area contributed by atoms with Crippen LogP contribution < -0.4 is 33.7 Å². The van der Waals surface area contributed by atoms with Crippen molar-refractivity contribution in [1.82, 2.24) is 0 Å². The van der Waals surface area contributed by atoms with Crippen molar-refractivity contribution in [2.24, 2.45) is 0 Å². The van der Waals surface area contributed by atoms with Gasteiger partial charge in [-0.15, -0.1) is 0 Å². The Hall–Kier alpha value is -0.550. The van der Waals surface area contributed by atoms with Gasteiger partial charge in [0.25, 0.3) is 0 Å². The molecular formula is C13H15NaO3S. The maximum Gasteiger partial charge on any atom is 1.00 e. The van der Waals surface area contributed by atoms with Gasteiger partial charge >= 0.3 is 39.7 Å². The zero-order valence-electron chi connectivity index (χ0n) is 11.8. The van der Waals surface area contributed by atoms with Crippen molar-refractivity contribution in [1.29, 1.82) is 0 Å². The Morgan fingerprint density at radius 1 is 1.06 bits per heavy atom. The zero-order chi connectivity index (χ0) is 12.5. The van der Waals surface area contributed by atoms with E-state index in [2.05, 4.69) is 0 Å². The Balaban J connectivity index is 0.00000162. The van der Waals surface area contributed by atoms with E-state index < -0.39 is 15.4 Å². The smallest absolute Gasteiger partial charge is 1.00 e. The molecule has 0 radical (unpaired) electrons. The standard InChI is InChI=1S/C13H14O3S.Na.H/c1-10(2)17(14,15)16-13-9-5-7-11-6-3-4-8-12(11)13;;/h3-10H,1-2H3;;/q;+1;-1. The van der Waals surface area contributed by atoms with Crippen LogP contribution in [0.15, 0.2) is 42.5 Å². The Morgan fingerprint density at radius 2 is 1.67 bits per heavy atom. The van der Waals surface area contributed by atoms with Crippen molar-refractivity contribution in [2.75, 3.05) is 0 Å². The second-order valence-corrected chi connectivity index (χ2v) is 6.20. The fourth-order valence-electron chi connectivity index (χ4n) is 1.49. The minimum Gasteiger partial charge on any atom is -1.00 e. The molecule has 0 atom stereocenters. The molecular weight excluding hydrogens is 259 g/mol. The first kappa shape index (κ1) is 15.5. The van der Waals surface area contributed by atoms with Crippen molar-refractivity contribution in [2.45, 2.75) is 19.1 Å². The Labute approximate surface area is 131 Å². The van der Waals surface area contributed by atoms with E-state index in [1.165, 1.54) is 0 Å². The summed E-state index contributed by atoms with van der Waals surface area (Å²) < 4.78 is 28.6. The zero-order valence-corrected chi connectivity index (χ0v) is 13.6. The summed E-state index contributed by atoms with van der Waals surface area (Å²) >= 11 is 0. The van der Waals surface area contributed by atoms with Crippen molar-refractivity contribution in [3.8, 4) is 5.75 Å². The molecule has 0 saturated heterocycles. The molecule has 0 amide bonds. The largest absolute Gasteiger partial charge is 1.00 e. The number of hydrogen-bond acceptors (Lipinski definition) is 3. The molecule has 3 nitrogen and oxygen atoms in total. The number of fused-ring (bicyclic) bond motifs is 1. The predicted molar refractivity (Wildman–Crippen MR) is 69.7 cm³/mol. The van der Waals surface area contributed by atoms with Gasteiger partial charge in [0.1, 0.15) is 5.75 Å². The molecule has 0 heterocycles. The molecule has 2 rings (SSSR count). The fraction of sp³-hybridized carbons (Fsp3) is 0.231. The first-order valence-corrected chi connectivity index (χ1v) is 6.89. The number of benzene rings is 2. The van der Waals surface area contributed by atoms with Crippen LogP contribution in [0.3, 0.4) is 0 Å². The molecule has 0 fully saturated rings. The molecule has 0 aliphatic heterocycles. The summed E-state index contributed by atoms with van der Waals surface area (Å²) in [5.41, 5.74) is 0. The van der Waals surface area contributed by atoms with Gasteiger partial charge in [0.05, 0.1) is 5.25 Å². The summed E-state index contributed by atoms with van der Waals surface area (Å²) in [6.07, 6.45) is 0. The van der Waals surface area contributed by atoms with Crippen molar-refractivity contribution >= 4 is 20.9 Å². The SMILES string of the molecule is CC(C)S(=O)(=O)Oc1cccc2ccccc12.[H-].[Na+]. The molecule has 0 N–H and O–H groups in total. The molecule has 0 bridgehead atoms. The van der Waals surface area contributed by atoms with Crippen LogP contribution in [0.25, 0.3) is 10.8 Å². The molecule has 0 aliphatic carbocycles. The van der Waals surface area contributed by atoms with Crippen LogP contribution in [0.2, 0.25) is 0 Å². The van der Waals surface area contributed by atoms with Gasteiger partial charge in [-0.1, -0.05) is 36.4 Å². The van der Waals surface area contributed by atoms with E-state index in [9.17, 15) is 8.42 Å². The monoisotopic (exact) mass is 274 g/mol. The number of hydrogen-bond donors (Lipinski definition) is 0. The van der Waals surface area contributed by atoms with E-state index in [4.69, 9.17) is 4.18 Å². The maximum absolute atomic E-state index is 11.7. The van der Waals surface area contributed by atoms with Crippen LogP contribution >= 0.6 is 0 Å². The summed E-state index contributed by atoms with van der Waals surface area (Å²) in [4.78, 5) is 0. The summed E-state index contributed by atoms with van der Waals surface area (Å²) in [5.74, 6) is 0.386. The Morgan fingerprint density at radius 3 is 2.33 bits per heavy atom. The molecule has 18 heavy (non-hydrogen) atoms. The maximum atomic E-state index is 11.7. The molecule has 0 aliphatic rings. The van der Waals surface area contributed by atoms with Gasteiger partial charge in [0.15, 0.2) is 0 Å². The van der Waals surface area contributed by atoms with Gasteiger partial charge in [0.2, 0.25) is 0 Å². The van der Waals surface area contributed by atoms with E-state index in [1.54, 1.807) is 26.0 Å². The molecule has 0 aromatic heterocycles. The van der Waals surface area contributed by atoms with E-state index in [-0.39, 0.29) is 31.0 Å².